The second-order valence-corrected chi connectivity index (χ2v) is 8.31. The molecule has 0 heterocycles. The van der Waals surface area contributed by atoms with Crippen molar-refractivity contribution in [3.63, 3.8) is 0 Å². The van der Waals surface area contributed by atoms with E-state index in [1.807, 2.05) is 0 Å². The largest absolute Gasteiger partial charge is 0.326 e. The molecule has 0 fully saturated rings. The first-order valence-corrected chi connectivity index (χ1v) is 9.89. The minimum absolute atomic E-state index is 0.184. The van der Waals surface area contributed by atoms with Gasteiger partial charge in [-0.25, -0.2) is 8.42 Å². The van der Waals surface area contributed by atoms with E-state index in [0.29, 0.717) is 11.4 Å². The van der Waals surface area contributed by atoms with E-state index in [1.165, 1.54) is 38.1 Å². The van der Waals surface area contributed by atoms with E-state index in [9.17, 15) is 22.8 Å². The van der Waals surface area contributed by atoms with Crippen molar-refractivity contribution >= 4 is 38.8 Å². The quantitative estimate of drug-likeness (QED) is 0.707. The molecule has 2 aromatic carbocycles. The van der Waals surface area contributed by atoms with Gasteiger partial charge < -0.3 is 10.6 Å². The third kappa shape index (κ3) is 5.75. The van der Waals surface area contributed by atoms with Crippen molar-refractivity contribution < 1.29 is 22.8 Å². The smallest absolute Gasteiger partial charge is 0.239 e. The molecule has 0 radical (unpaired) electrons. The summed E-state index contributed by atoms with van der Waals surface area (Å²) < 4.78 is 24.8. The highest BCUT2D eigenvalue weighted by molar-refractivity contribution is 7.93. The van der Waals surface area contributed by atoms with Gasteiger partial charge in [0.1, 0.15) is 11.0 Å². The molecule has 2 aromatic rings. The fourth-order valence-electron chi connectivity index (χ4n) is 2.35. The summed E-state index contributed by atoms with van der Waals surface area (Å²) in [7, 11) is -3.99. The number of carbonyl (C=O) groups is 3. The van der Waals surface area contributed by atoms with Crippen LogP contribution in [0.15, 0.2) is 54.6 Å². The van der Waals surface area contributed by atoms with Crippen molar-refractivity contribution in [3.05, 3.63) is 60.2 Å². The minimum atomic E-state index is -3.99. The van der Waals surface area contributed by atoms with E-state index < -0.39 is 32.5 Å². The maximum absolute atomic E-state index is 12.5. The van der Waals surface area contributed by atoms with Gasteiger partial charge >= 0.3 is 0 Å². The van der Waals surface area contributed by atoms with E-state index in [4.69, 9.17) is 0 Å². The second kappa shape index (κ2) is 8.59. The lowest BCUT2D eigenvalue weighted by molar-refractivity contribution is -0.114. The average molecular weight is 388 g/mol. The molecule has 7 nitrogen and oxygen atoms in total. The van der Waals surface area contributed by atoms with E-state index in [0.717, 1.165) is 0 Å². The lowest BCUT2D eigenvalue weighted by atomic mass is 10.1. The first-order chi connectivity index (χ1) is 12.7. The topological polar surface area (TPSA) is 109 Å². The van der Waals surface area contributed by atoms with Crippen LogP contribution in [-0.4, -0.2) is 37.0 Å². The van der Waals surface area contributed by atoms with Gasteiger partial charge in [0.15, 0.2) is 15.6 Å². The summed E-state index contributed by atoms with van der Waals surface area (Å²) in [4.78, 5) is 35.5. The molecule has 0 aromatic heterocycles. The van der Waals surface area contributed by atoms with Crippen LogP contribution in [0, 0.1) is 0 Å². The van der Waals surface area contributed by atoms with Gasteiger partial charge in [-0.05, 0) is 43.3 Å². The molecule has 0 spiro atoms. The molecule has 2 rings (SSSR count). The van der Waals surface area contributed by atoms with Crippen LogP contribution in [0.2, 0.25) is 0 Å². The van der Waals surface area contributed by atoms with Crippen LogP contribution in [-0.2, 0) is 19.4 Å². The van der Waals surface area contributed by atoms with Gasteiger partial charge in [0.25, 0.3) is 0 Å². The lowest BCUT2D eigenvalue weighted by Gasteiger charge is -2.13. The molecule has 0 saturated heterocycles. The Kier molecular flexibility index (Phi) is 6.46. The van der Waals surface area contributed by atoms with Crippen LogP contribution in [0.3, 0.4) is 0 Å². The van der Waals surface area contributed by atoms with E-state index in [1.54, 1.807) is 30.3 Å². The zero-order valence-electron chi connectivity index (χ0n) is 14.9. The van der Waals surface area contributed by atoms with Crippen LogP contribution < -0.4 is 10.6 Å². The molecule has 0 saturated carbocycles. The molecule has 0 aliphatic heterocycles. The molecule has 1 atom stereocenters. The van der Waals surface area contributed by atoms with Gasteiger partial charge in [0.05, 0.1) is 0 Å². The number of sulfone groups is 1. The number of benzene rings is 2. The van der Waals surface area contributed by atoms with Gasteiger partial charge in [-0.15, -0.1) is 0 Å². The minimum Gasteiger partial charge on any atom is -0.326 e. The monoisotopic (exact) mass is 388 g/mol. The van der Waals surface area contributed by atoms with Crippen molar-refractivity contribution in [2.24, 2.45) is 0 Å². The van der Waals surface area contributed by atoms with E-state index >= 15 is 0 Å². The summed E-state index contributed by atoms with van der Waals surface area (Å²) in [5, 5.41) is 3.68. The van der Waals surface area contributed by atoms with Crippen molar-refractivity contribution in [2.45, 2.75) is 19.1 Å². The molecule has 0 aliphatic carbocycles. The van der Waals surface area contributed by atoms with Crippen molar-refractivity contribution in [2.75, 3.05) is 16.4 Å². The number of carbonyl (C=O) groups excluding carboxylic acids is 3. The molecule has 2 amide bonds. The second-order valence-electron chi connectivity index (χ2n) is 5.99. The Labute approximate surface area is 157 Å². The number of Topliss-reactive ketones (excluding diaryl/α,β-unsaturated/α-hetero) is 1. The zero-order chi connectivity index (χ0) is 20.0. The highest BCUT2D eigenvalue weighted by Gasteiger charge is 2.31. The summed E-state index contributed by atoms with van der Waals surface area (Å²) in [5.41, 5.74) is 1.16. The summed E-state index contributed by atoms with van der Waals surface area (Å²) in [6.45, 7) is 2.61. The van der Waals surface area contributed by atoms with Crippen molar-refractivity contribution in [1.29, 1.82) is 0 Å². The number of para-hydroxylation sites is 1. The normalized spacial score (nSPS) is 12.1. The number of nitrogens with one attached hydrogen (secondary N) is 2. The zero-order valence-corrected chi connectivity index (χ0v) is 15.7. The molecule has 27 heavy (non-hydrogen) atoms. The molecule has 1 unspecified atom stereocenters. The number of anilines is 2. The van der Waals surface area contributed by atoms with E-state index in [2.05, 4.69) is 10.6 Å². The van der Waals surface area contributed by atoms with Gasteiger partial charge in [-0.1, -0.05) is 18.2 Å². The number of ketones is 1. The SMILES string of the molecule is CC(=O)Nc1ccc(C(=O)C(C)S(=O)(=O)CC(=O)Nc2ccccc2)cc1. The molecule has 0 bridgehead atoms. The number of hydrogen-bond acceptors (Lipinski definition) is 5. The molecule has 2 N–H and O–H groups in total. The maximum Gasteiger partial charge on any atom is 0.239 e. The number of rotatable bonds is 7. The van der Waals surface area contributed by atoms with Crippen LogP contribution in [0.4, 0.5) is 11.4 Å². The Morgan fingerprint density at radius 3 is 2.00 bits per heavy atom. The summed E-state index contributed by atoms with van der Waals surface area (Å²) in [6.07, 6.45) is 0. The molecular formula is C19H20N2O5S. The number of hydrogen-bond donors (Lipinski definition) is 2. The van der Waals surface area contributed by atoms with Gasteiger partial charge in [-0.2, -0.15) is 0 Å². The van der Waals surface area contributed by atoms with E-state index in [-0.39, 0.29) is 11.5 Å². The molecular weight excluding hydrogens is 368 g/mol. The Morgan fingerprint density at radius 1 is 0.889 bits per heavy atom. The van der Waals surface area contributed by atoms with Crippen LogP contribution >= 0.6 is 0 Å². The van der Waals surface area contributed by atoms with Crippen LogP contribution in [0.5, 0.6) is 0 Å². The Morgan fingerprint density at radius 2 is 1.44 bits per heavy atom. The average Bonchev–Trinajstić information content (AvgIpc) is 2.61. The third-order valence-electron chi connectivity index (χ3n) is 3.79. The highest BCUT2D eigenvalue weighted by atomic mass is 32.2. The predicted molar refractivity (Wildman–Crippen MR) is 103 cm³/mol. The summed E-state index contributed by atoms with van der Waals surface area (Å²) >= 11 is 0. The third-order valence-corrected chi connectivity index (χ3v) is 5.74. The Hall–Kier alpha value is -3.00. The summed E-state index contributed by atoms with van der Waals surface area (Å²) in [6, 6.07) is 14.3. The number of amides is 2. The summed E-state index contributed by atoms with van der Waals surface area (Å²) in [5.74, 6) is -2.37. The van der Waals surface area contributed by atoms with Gasteiger partial charge in [0.2, 0.25) is 11.8 Å². The fourth-order valence-corrected chi connectivity index (χ4v) is 3.50. The first kappa shape index (κ1) is 20.3. The molecule has 8 heteroatoms. The van der Waals surface area contributed by atoms with Crippen LogP contribution in [0.1, 0.15) is 24.2 Å². The Bertz CT molecular complexity index is 938. The maximum atomic E-state index is 12.5. The fraction of sp³-hybridized carbons (Fsp3) is 0.211. The van der Waals surface area contributed by atoms with Crippen molar-refractivity contribution in [1.82, 2.24) is 0 Å². The van der Waals surface area contributed by atoms with Crippen LogP contribution in [0.25, 0.3) is 0 Å². The lowest BCUT2D eigenvalue weighted by Crippen LogP contribution is -2.34. The Balaban J connectivity index is 2.05. The highest BCUT2D eigenvalue weighted by Crippen LogP contribution is 2.15. The standard InChI is InChI=1S/C19H20N2O5S/c1-13(19(24)15-8-10-17(11-9-15)20-14(2)22)27(25,26)12-18(23)21-16-6-4-3-5-7-16/h3-11,13H,12H2,1-2H3,(H,20,22)(H,21,23). The molecule has 0 aliphatic rings. The predicted octanol–water partition coefficient (Wildman–Crippen LogP) is 2.27. The van der Waals surface area contributed by atoms with Gasteiger partial charge in [-0.3, -0.25) is 14.4 Å². The first-order valence-electron chi connectivity index (χ1n) is 8.17. The van der Waals surface area contributed by atoms with Crippen molar-refractivity contribution in [3.8, 4) is 0 Å². The van der Waals surface area contributed by atoms with Gasteiger partial charge in [0, 0.05) is 23.9 Å². The molecule has 142 valence electrons.